The van der Waals surface area contributed by atoms with Gasteiger partial charge in [-0.15, -0.1) is 0 Å². The lowest BCUT2D eigenvalue weighted by Crippen LogP contribution is -2.27. The normalized spacial score (nSPS) is 20.8. The van der Waals surface area contributed by atoms with Crippen LogP contribution in [0.25, 0.3) is 0 Å². The van der Waals surface area contributed by atoms with E-state index in [1.807, 2.05) is 22.6 Å². The molecule has 84 valence electrons. The number of carbonyl (C=O) groups is 1. The Kier molecular flexibility index (Phi) is 2.14. The highest BCUT2D eigenvalue weighted by Crippen LogP contribution is 2.48. The molecule has 0 aromatic heterocycles. The van der Waals surface area contributed by atoms with Crippen LogP contribution in [0.2, 0.25) is 0 Å². The predicted octanol–water partition coefficient (Wildman–Crippen LogP) is 2.57. The van der Waals surface area contributed by atoms with Crippen LogP contribution in [0.4, 0.5) is 15.8 Å². The van der Waals surface area contributed by atoms with E-state index in [0.29, 0.717) is 21.5 Å². The van der Waals surface area contributed by atoms with Gasteiger partial charge in [0.15, 0.2) is 0 Å². The van der Waals surface area contributed by atoms with E-state index < -0.39 is 0 Å². The molecule has 3 rings (SSSR count). The third-order valence-corrected chi connectivity index (χ3v) is 4.09. The molecule has 1 aliphatic heterocycles. The molecule has 1 aromatic rings. The maximum atomic E-state index is 13.4. The van der Waals surface area contributed by atoms with Gasteiger partial charge < -0.3 is 10.6 Å². The van der Waals surface area contributed by atoms with Gasteiger partial charge in [0.1, 0.15) is 5.82 Å². The second kappa shape index (κ2) is 3.32. The first-order valence-corrected chi connectivity index (χ1v) is 6.23. The first-order valence-electron chi connectivity index (χ1n) is 5.15. The van der Waals surface area contributed by atoms with E-state index in [0.717, 1.165) is 12.8 Å². The number of benzene rings is 1. The second-order valence-corrected chi connectivity index (χ2v) is 5.56. The summed E-state index contributed by atoms with van der Waals surface area (Å²) in [5.74, 6) is -0.200. The summed E-state index contributed by atoms with van der Waals surface area (Å²) in [5.41, 5.74) is 1.11. The van der Waals surface area contributed by atoms with Crippen LogP contribution in [0.1, 0.15) is 12.8 Å². The van der Waals surface area contributed by atoms with Crippen molar-refractivity contribution in [3.8, 4) is 0 Å². The zero-order chi connectivity index (χ0) is 11.3. The van der Waals surface area contributed by atoms with Crippen molar-refractivity contribution in [1.29, 1.82) is 0 Å². The summed E-state index contributed by atoms with van der Waals surface area (Å²) in [7, 11) is 0. The smallest absolute Gasteiger partial charge is 0.232 e. The summed E-state index contributed by atoms with van der Waals surface area (Å²) < 4.78 is 13.9. The van der Waals surface area contributed by atoms with Crippen molar-refractivity contribution in [1.82, 2.24) is 0 Å². The van der Waals surface area contributed by atoms with Gasteiger partial charge in [0.2, 0.25) is 5.91 Å². The molecule has 1 spiro atoms. The third kappa shape index (κ3) is 1.49. The fraction of sp³-hybridized carbons (Fsp3) is 0.364. The van der Waals surface area contributed by atoms with Gasteiger partial charge in [0, 0.05) is 12.6 Å². The number of carbonyl (C=O) groups excluding carboxylic acids is 1. The number of anilines is 2. The van der Waals surface area contributed by atoms with Crippen LogP contribution in [0, 0.1) is 14.8 Å². The molecular formula is C11H10FIN2O. The summed E-state index contributed by atoms with van der Waals surface area (Å²) >= 11 is 1.92. The number of fused-ring (bicyclic) bond motifs is 1. The van der Waals surface area contributed by atoms with Gasteiger partial charge in [-0.05, 0) is 41.5 Å². The van der Waals surface area contributed by atoms with Crippen LogP contribution in [-0.2, 0) is 4.79 Å². The molecule has 0 saturated heterocycles. The van der Waals surface area contributed by atoms with Gasteiger partial charge in [0.25, 0.3) is 0 Å². The highest BCUT2D eigenvalue weighted by molar-refractivity contribution is 14.1. The lowest BCUT2D eigenvalue weighted by atomic mass is 10.1. The molecule has 2 aliphatic rings. The van der Waals surface area contributed by atoms with Crippen molar-refractivity contribution >= 4 is 39.9 Å². The highest BCUT2D eigenvalue weighted by atomic mass is 127. The van der Waals surface area contributed by atoms with Crippen molar-refractivity contribution in [2.45, 2.75) is 12.8 Å². The number of halogens is 2. The Hall–Kier alpha value is -0.850. The van der Waals surface area contributed by atoms with E-state index in [1.165, 1.54) is 6.07 Å². The van der Waals surface area contributed by atoms with Gasteiger partial charge in [-0.1, -0.05) is 0 Å². The van der Waals surface area contributed by atoms with Crippen molar-refractivity contribution in [2.24, 2.45) is 5.41 Å². The summed E-state index contributed by atoms with van der Waals surface area (Å²) in [4.78, 5) is 11.9. The van der Waals surface area contributed by atoms with Crippen molar-refractivity contribution in [3.63, 3.8) is 0 Å². The third-order valence-electron chi connectivity index (χ3n) is 3.26. The Morgan fingerprint density at radius 1 is 1.31 bits per heavy atom. The average molecular weight is 332 g/mol. The predicted molar refractivity (Wildman–Crippen MR) is 67.9 cm³/mol. The molecule has 1 amide bonds. The molecule has 3 nitrogen and oxygen atoms in total. The number of hydrogen-bond donors (Lipinski definition) is 2. The standard InChI is InChI=1S/C11H10FIN2O/c12-6-3-8-9(4-7(6)13)15-10(16)11(1-2-11)5-14-8/h3-4,14H,1-2,5H2,(H,15,16). The summed E-state index contributed by atoms with van der Waals surface area (Å²) in [6.07, 6.45) is 1.83. The van der Waals surface area contributed by atoms with Gasteiger partial charge in [-0.2, -0.15) is 0 Å². The molecule has 16 heavy (non-hydrogen) atoms. The van der Waals surface area contributed by atoms with Gasteiger partial charge in [-0.25, -0.2) is 4.39 Å². The Morgan fingerprint density at radius 3 is 2.75 bits per heavy atom. The Morgan fingerprint density at radius 2 is 2.06 bits per heavy atom. The summed E-state index contributed by atoms with van der Waals surface area (Å²) in [5, 5.41) is 6.02. The minimum absolute atomic E-state index is 0.0566. The van der Waals surface area contributed by atoms with Gasteiger partial charge in [0.05, 0.1) is 20.4 Å². The van der Waals surface area contributed by atoms with E-state index in [-0.39, 0.29) is 17.1 Å². The number of hydrogen-bond acceptors (Lipinski definition) is 2. The summed E-state index contributed by atoms with van der Waals surface area (Å²) in [6, 6.07) is 3.11. The van der Waals surface area contributed by atoms with E-state index >= 15 is 0 Å². The lowest BCUT2D eigenvalue weighted by Gasteiger charge is -2.08. The Labute approximate surface area is 106 Å². The van der Waals surface area contributed by atoms with Crippen LogP contribution >= 0.6 is 22.6 Å². The zero-order valence-corrected chi connectivity index (χ0v) is 10.6. The van der Waals surface area contributed by atoms with E-state index in [1.54, 1.807) is 6.07 Å². The SMILES string of the molecule is O=C1Nc2cc(I)c(F)cc2NCC12CC2. The van der Waals surface area contributed by atoms with Crippen LogP contribution in [0.15, 0.2) is 12.1 Å². The molecule has 1 heterocycles. The maximum Gasteiger partial charge on any atom is 0.232 e. The Balaban J connectivity index is 2.03. The first-order chi connectivity index (χ1) is 7.61. The largest absolute Gasteiger partial charge is 0.382 e. The fourth-order valence-electron chi connectivity index (χ4n) is 1.95. The van der Waals surface area contributed by atoms with Crippen molar-refractivity contribution in [2.75, 3.05) is 17.2 Å². The van der Waals surface area contributed by atoms with Crippen LogP contribution < -0.4 is 10.6 Å². The summed E-state index contributed by atoms with van der Waals surface area (Å²) in [6.45, 7) is 0.603. The van der Waals surface area contributed by atoms with Crippen molar-refractivity contribution in [3.05, 3.63) is 21.5 Å². The molecule has 1 saturated carbocycles. The molecule has 0 radical (unpaired) electrons. The minimum Gasteiger partial charge on any atom is -0.382 e. The second-order valence-electron chi connectivity index (χ2n) is 4.40. The van der Waals surface area contributed by atoms with Crippen LogP contribution in [0.5, 0.6) is 0 Å². The number of nitrogens with one attached hydrogen (secondary N) is 2. The van der Waals surface area contributed by atoms with Crippen LogP contribution in [0.3, 0.4) is 0 Å². The molecular weight excluding hydrogens is 322 g/mol. The zero-order valence-electron chi connectivity index (χ0n) is 8.44. The first kappa shape index (κ1) is 10.3. The fourth-order valence-corrected chi connectivity index (χ4v) is 2.42. The maximum absolute atomic E-state index is 13.4. The van der Waals surface area contributed by atoms with E-state index in [9.17, 15) is 9.18 Å². The van der Waals surface area contributed by atoms with Crippen LogP contribution in [-0.4, -0.2) is 12.5 Å². The molecule has 1 fully saturated rings. The molecule has 0 atom stereocenters. The highest BCUT2D eigenvalue weighted by Gasteiger charge is 2.50. The molecule has 1 aliphatic carbocycles. The van der Waals surface area contributed by atoms with E-state index in [4.69, 9.17) is 0 Å². The molecule has 2 N–H and O–H groups in total. The lowest BCUT2D eigenvalue weighted by molar-refractivity contribution is -0.120. The van der Waals surface area contributed by atoms with Gasteiger partial charge >= 0.3 is 0 Å². The topological polar surface area (TPSA) is 41.1 Å². The van der Waals surface area contributed by atoms with Gasteiger partial charge in [-0.3, -0.25) is 4.79 Å². The minimum atomic E-state index is -0.257. The average Bonchev–Trinajstić information content (AvgIpc) is 3.02. The monoisotopic (exact) mass is 332 g/mol. The molecule has 0 unspecified atom stereocenters. The quantitative estimate of drug-likeness (QED) is 0.717. The molecule has 0 bridgehead atoms. The molecule has 1 aromatic carbocycles. The Bertz CT molecular complexity index is 485. The number of rotatable bonds is 0. The van der Waals surface area contributed by atoms with E-state index in [2.05, 4.69) is 10.6 Å². The van der Waals surface area contributed by atoms with Crippen molar-refractivity contribution < 1.29 is 9.18 Å². The number of amides is 1. The molecule has 5 heteroatoms.